The number of nitrogens with two attached hydrogens (primary N) is 1. The van der Waals surface area contributed by atoms with E-state index in [1.165, 1.54) is 5.39 Å². The molecule has 0 saturated carbocycles. The molecule has 2 amide bonds. The Hall–Kier alpha value is -2.40. The molecular formula is C20H25N3O2. The second kappa shape index (κ2) is 7.66. The molecule has 2 aromatic rings. The van der Waals surface area contributed by atoms with Crippen LogP contribution in [0.4, 0.5) is 0 Å². The number of nitrogens with one attached hydrogen (secondary N) is 1. The topological polar surface area (TPSA) is 75.4 Å². The molecule has 2 aromatic carbocycles. The van der Waals surface area contributed by atoms with Gasteiger partial charge in [0.1, 0.15) is 0 Å². The van der Waals surface area contributed by atoms with E-state index in [0.717, 1.165) is 30.3 Å². The predicted octanol–water partition coefficient (Wildman–Crippen LogP) is 2.21. The molecule has 1 heterocycles. The minimum Gasteiger partial charge on any atom is -0.369 e. The van der Waals surface area contributed by atoms with Gasteiger partial charge in [0.25, 0.3) is 0 Å². The minimum atomic E-state index is -0.269. The molecule has 0 radical (unpaired) electrons. The number of fused-ring (bicyclic) bond motifs is 1. The normalized spacial score (nSPS) is 19.5. The number of rotatable bonds is 5. The zero-order chi connectivity index (χ0) is 17.8. The van der Waals surface area contributed by atoms with Crippen LogP contribution < -0.4 is 11.1 Å². The summed E-state index contributed by atoms with van der Waals surface area (Å²) in [6.45, 7) is 3.71. The van der Waals surface area contributed by atoms with Gasteiger partial charge < -0.3 is 11.1 Å². The number of amides is 2. The van der Waals surface area contributed by atoms with Crippen molar-refractivity contribution in [3.05, 3.63) is 48.0 Å². The molecule has 2 atom stereocenters. The van der Waals surface area contributed by atoms with E-state index in [9.17, 15) is 9.59 Å². The standard InChI is InChI=1S/C20H25N3O2/c1-14(17-10-4-7-15-6-2-3-9-18(15)17)22-19(24)13-23-11-5-8-16(12-23)20(21)25/h2-4,6-7,9-10,14,16H,5,8,11-13H2,1H3,(H2,21,25)(H,22,24)/t14-,16-/m0/s1. The number of likely N-dealkylation sites (tertiary alicyclic amines) is 1. The maximum Gasteiger partial charge on any atom is 0.234 e. The van der Waals surface area contributed by atoms with Crippen molar-refractivity contribution in [3.8, 4) is 0 Å². The average Bonchev–Trinajstić information content (AvgIpc) is 2.61. The molecular weight excluding hydrogens is 314 g/mol. The zero-order valence-corrected chi connectivity index (χ0v) is 14.6. The lowest BCUT2D eigenvalue weighted by molar-refractivity contribution is -0.127. The van der Waals surface area contributed by atoms with Crippen LogP contribution in [0.15, 0.2) is 42.5 Å². The molecule has 0 spiro atoms. The largest absolute Gasteiger partial charge is 0.369 e. The van der Waals surface area contributed by atoms with Crippen LogP contribution in [0.3, 0.4) is 0 Å². The van der Waals surface area contributed by atoms with Crippen LogP contribution in [0.5, 0.6) is 0 Å². The van der Waals surface area contributed by atoms with E-state index >= 15 is 0 Å². The van der Waals surface area contributed by atoms with E-state index < -0.39 is 0 Å². The van der Waals surface area contributed by atoms with Crippen molar-refractivity contribution < 1.29 is 9.59 Å². The van der Waals surface area contributed by atoms with Gasteiger partial charge in [-0.05, 0) is 42.6 Å². The molecule has 1 aliphatic heterocycles. The van der Waals surface area contributed by atoms with Crippen molar-refractivity contribution >= 4 is 22.6 Å². The van der Waals surface area contributed by atoms with E-state index in [-0.39, 0.29) is 23.8 Å². The van der Waals surface area contributed by atoms with Gasteiger partial charge in [0.2, 0.25) is 11.8 Å². The lowest BCUT2D eigenvalue weighted by atomic mass is 9.97. The highest BCUT2D eigenvalue weighted by molar-refractivity contribution is 5.87. The average molecular weight is 339 g/mol. The quantitative estimate of drug-likeness (QED) is 0.877. The van der Waals surface area contributed by atoms with E-state index in [4.69, 9.17) is 5.73 Å². The summed E-state index contributed by atoms with van der Waals surface area (Å²) in [4.78, 5) is 25.8. The fraction of sp³-hybridized carbons (Fsp3) is 0.400. The zero-order valence-electron chi connectivity index (χ0n) is 14.6. The first-order valence-electron chi connectivity index (χ1n) is 8.83. The Morgan fingerprint density at radius 1 is 1.24 bits per heavy atom. The van der Waals surface area contributed by atoms with Crippen molar-refractivity contribution in [1.29, 1.82) is 0 Å². The van der Waals surface area contributed by atoms with Crippen LogP contribution in [0.1, 0.15) is 31.4 Å². The van der Waals surface area contributed by atoms with Gasteiger partial charge in [-0.2, -0.15) is 0 Å². The fourth-order valence-electron chi connectivity index (χ4n) is 3.63. The third-order valence-corrected chi connectivity index (χ3v) is 4.94. The van der Waals surface area contributed by atoms with Crippen molar-refractivity contribution in [1.82, 2.24) is 10.2 Å². The number of hydrogen-bond donors (Lipinski definition) is 2. The summed E-state index contributed by atoms with van der Waals surface area (Å²) in [5.41, 5.74) is 6.51. The second-order valence-electron chi connectivity index (χ2n) is 6.83. The number of primary amides is 1. The van der Waals surface area contributed by atoms with E-state index in [0.29, 0.717) is 13.1 Å². The Kier molecular flexibility index (Phi) is 5.34. The summed E-state index contributed by atoms with van der Waals surface area (Å²) in [7, 11) is 0. The smallest absolute Gasteiger partial charge is 0.234 e. The van der Waals surface area contributed by atoms with E-state index in [1.807, 2.05) is 30.0 Å². The van der Waals surface area contributed by atoms with Gasteiger partial charge in [0.15, 0.2) is 0 Å². The molecule has 132 valence electrons. The van der Waals surface area contributed by atoms with Crippen molar-refractivity contribution in [2.45, 2.75) is 25.8 Å². The van der Waals surface area contributed by atoms with Crippen LogP contribution in [0, 0.1) is 5.92 Å². The number of hydrogen-bond acceptors (Lipinski definition) is 3. The summed E-state index contributed by atoms with van der Waals surface area (Å²) in [6, 6.07) is 14.2. The van der Waals surface area contributed by atoms with Crippen LogP contribution in [0.2, 0.25) is 0 Å². The molecule has 0 unspecified atom stereocenters. The third-order valence-electron chi connectivity index (χ3n) is 4.94. The molecule has 25 heavy (non-hydrogen) atoms. The fourth-order valence-corrected chi connectivity index (χ4v) is 3.63. The number of nitrogens with zero attached hydrogens (tertiary/aromatic N) is 1. The Morgan fingerprint density at radius 3 is 2.80 bits per heavy atom. The molecule has 1 fully saturated rings. The van der Waals surface area contributed by atoms with Crippen molar-refractivity contribution in [2.75, 3.05) is 19.6 Å². The third kappa shape index (κ3) is 4.17. The lowest BCUT2D eigenvalue weighted by Gasteiger charge is -2.30. The predicted molar refractivity (Wildman–Crippen MR) is 98.9 cm³/mol. The SMILES string of the molecule is C[C@H](NC(=O)CN1CCC[C@H](C(N)=O)C1)c1cccc2ccccc12. The number of piperidine rings is 1. The van der Waals surface area contributed by atoms with Crippen LogP contribution in [-0.2, 0) is 9.59 Å². The molecule has 1 saturated heterocycles. The molecule has 1 aliphatic rings. The van der Waals surface area contributed by atoms with Gasteiger partial charge >= 0.3 is 0 Å². The van der Waals surface area contributed by atoms with Gasteiger partial charge in [0, 0.05) is 6.54 Å². The van der Waals surface area contributed by atoms with Crippen molar-refractivity contribution in [2.24, 2.45) is 11.7 Å². The number of carbonyl (C=O) groups excluding carboxylic acids is 2. The highest BCUT2D eigenvalue weighted by Crippen LogP contribution is 2.24. The summed E-state index contributed by atoms with van der Waals surface area (Å²) in [5, 5.41) is 5.41. The van der Waals surface area contributed by atoms with Gasteiger partial charge in [0.05, 0.1) is 18.5 Å². The first kappa shape index (κ1) is 17.4. The van der Waals surface area contributed by atoms with E-state index in [2.05, 4.69) is 29.6 Å². The maximum absolute atomic E-state index is 12.4. The summed E-state index contributed by atoms with van der Waals surface area (Å²) in [5.74, 6) is -0.433. The lowest BCUT2D eigenvalue weighted by Crippen LogP contribution is -2.45. The summed E-state index contributed by atoms with van der Waals surface area (Å²) >= 11 is 0. The van der Waals surface area contributed by atoms with Gasteiger partial charge in [-0.15, -0.1) is 0 Å². The first-order valence-corrected chi connectivity index (χ1v) is 8.83. The van der Waals surface area contributed by atoms with Crippen LogP contribution >= 0.6 is 0 Å². The van der Waals surface area contributed by atoms with Crippen molar-refractivity contribution in [3.63, 3.8) is 0 Å². The second-order valence-corrected chi connectivity index (χ2v) is 6.83. The monoisotopic (exact) mass is 339 g/mol. The highest BCUT2D eigenvalue weighted by atomic mass is 16.2. The van der Waals surface area contributed by atoms with Gasteiger partial charge in [-0.25, -0.2) is 0 Å². The Morgan fingerprint density at radius 2 is 2.00 bits per heavy atom. The van der Waals surface area contributed by atoms with E-state index in [1.54, 1.807) is 0 Å². The molecule has 0 aromatic heterocycles. The number of carbonyl (C=O) groups is 2. The maximum atomic E-state index is 12.4. The van der Waals surface area contributed by atoms with Crippen LogP contribution in [0.25, 0.3) is 10.8 Å². The van der Waals surface area contributed by atoms with Gasteiger partial charge in [-0.1, -0.05) is 42.5 Å². The Balaban J connectivity index is 1.63. The Labute approximate surface area is 148 Å². The molecule has 0 bridgehead atoms. The molecule has 5 heteroatoms. The molecule has 3 rings (SSSR count). The number of benzene rings is 2. The highest BCUT2D eigenvalue weighted by Gasteiger charge is 2.25. The summed E-state index contributed by atoms with van der Waals surface area (Å²) in [6.07, 6.45) is 1.72. The first-order chi connectivity index (χ1) is 12.0. The van der Waals surface area contributed by atoms with Crippen LogP contribution in [-0.4, -0.2) is 36.3 Å². The van der Waals surface area contributed by atoms with Gasteiger partial charge in [-0.3, -0.25) is 14.5 Å². The molecule has 5 nitrogen and oxygen atoms in total. The molecule has 0 aliphatic carbocycles. The minimum absolute atomic E-state index is 0.0226. The molecule has 3 N–H and O–H groups in total. The summed E-state index contributed by atoms with van der Waals surface area (Å²) < 4.78 is 0. The Bertz CT molecular complexity index is 769.